The Hall–Kier alpha value is -2.62. The fourth-order valence-corrected chi connectivity index (χ4v) is 5.26. The molecule has 0 bridgehead atoms. The molecule has 7 nitrogen and oxygen atoms in total. The normalized spacial score (nSPS) is 24.3. The van der Waals surface area contributed by atoms with Gasteiger partial charge in [-0.15, -0.1) is 13.2 Å². The summed E-state index contributed by atoms with van der Waals surface area (Å²) in [7, 11) is 0. The Morgan fingerprint density at radius 2 is 2.00 bits per heavy atom. The number of anilines is 1. The van der Waals surface area contributed by atoms with Gasteiger partial charge in [-0.3, -0.25) is 4.79 Å². The smallest absolute Gasteiger partial charge is 0.406 e. The molecule has 2 aliphatic rings. The van der Waals surface area contributed by atoms with Crippen LogP contribution in [0.2, 0.25) is 0 Å². The molecule has 0 saturated carbocycles. The molecule has 3 heterocycles. The van der Waals surface area contributed by atoms with Crippen molar-refractivity contribution in [1.82, 2.24) is 19.8 Å². The monoisotopic (exact) mass is 479 g/mol. The molecule has 0 aliphatic carbocycles. The zero-order chi connectivity index (χ0) is 24.5. The second-order valence-corrected chi connectivity index (χ2v) is 9.46. The quantitative estimate of drug-likeness (QED) is 0.633. The first-order valence-corrected chi connectivity index (χ1v) is 12.0. The van der Waals surface area contributed by atoms with E-state index in [-0.39, 0.29) is 17.7 Å². The number of benzene rings is 1. The molecule has 0 spiro atoms. The van der Waals surface area contributed by atoms with Crippen molar-refractivity contribution < 1.29 is 22.7 Å². The number of nitrogens with zero attached hydrogens (tertiary/aromatic N) is 4. The molecule has 10 heteroatoms. The molecule has 2 saturated heterocycles. The van der Waals surface area contributed by atoms with Crippen molar-refractivity contribution >= 4 is 22.6 Å². The molecule has 1 aromatic heterocycles. The highest BCUT2D eigenvalue weighted by atomic mass is 19.4. The molecule has 186 valence electrons. The second kappa shape index (κ2) is 9.93. The number of carbonyl (C=O) groups excluding carboxylic acids is 1. The third-order valence-corrected chi connectivity index (χ3v) is 6.91. The number of nitrogens with one attached hydrogen (secondary N) is 1. The van der Waals surface area contributed by atoms with Crippen LogP contribution in [-0.2, 0) is 4.79 Å². The van der Waals surface area contributed by atoms with E-state index in [0.29, 0.717) is 41.6 Å². The molecular weight excluding hydrogens is 447 g/mol. The van der Waals surface area contributed by atoms with Crippen LogP contribution in [0, 0.1) is 5.92 Å². The number of hydrogen-bond donors (Lipinski definition) is 1. The van der Waals surface area contributed by atoms with Gasteiger partial charge in [0.15, 0.2) is 0 Å². The van der Waals surface area contributed by atoms with E-state index in [1.165, 1.54) is 24.5 Å². The summed E-state index contributed by atoms with van der Waals surface area (Å²) in [5, 5.41) is 3.56. The summed E-state index contributed by atoms with van der Waals surface area (Å²) in [6.07, 6.45) is 0.270. The highest BCUT2D eigenvalue weighted by Gasteiger charge is 2.41. The lowest BCUT2D eigenvalue weighted by atomic mass is 9.86. The summed E-state index contributed by atoms with van der Waals surface area (Å²) >= 11 is 0. The van der Waals surface area contributed by atoms with Gasteiger partial charge in [0.2, 0.25) is 5.91 Å². The Bertz CT molecular complexity index is 1020. The molecule has 0 radical (unpaired) electrons. The van der Waals surface area contributed by atoms with Crippen molar-refractivity contribution in [1.29, 1.82) is 0 Å². The van der Waals surface area contributed by atoms with Crippen LogP contribution in [0.3, 0.4) is 0 Å². The van der Waals surface area contributed by atoms with E-state index >= 15 is 0 Å². The SMILES string of the molecule is CCC[C@H]1CN(C(C)C)CC[C@@H]1N1CCC(Nc2ncnc3ccc(OC(F)(F)F)cc23)C1=O. The first-order chi connectivity index (χ1) is 16.2. The van der Waals surface area contributed by atoms with Crippen LogP contribution in [0.25, 0.3) is 10.9 Å². The van der Waals surface area contributed by atoms with Crippen LogP contribution in [0.5, 0.6) is 5.75 Å². The first-order valence-electron chi connectivity index (χ1n) is 12.0. The first kappa shape index (κ1) is 24.5. The zero-order valence-electron chi connectivity index (χ0n) is 19.8. The lowest BCUT2D eigenvalue weighted by molar-refractivity contribution is -0.274. The number of fused-ring (bicyclic) bond motifs is 1. The maximum atomic E-state index is 13.4. The van der Waals surface area contributed by atoms with Crippen LogP contribution in [0.1, 0.15) is 46.5 Å². The molecule has 2 aliphatic heterocycles. The summed E-state index contributed by atoms with van der Waals surface area (Å²) < 4.78 is 42.1. The van der Waals surface area contributed by atoms with Gasteiger partial charge in [0.05, 0.1) is 5.52 Å². The summed E-state index contributed by atoms with van der Waals surface area (Å²) in [6.45, 7) is 9.23. The van der Waals surface area contributed by atoms with Gasteiger partial charge < -0.3 is 19.9 Å². The van der Waals surface area contributed by atoms with Gasteiger partial charge >= 0.3 is 6.36 Å². The van der Waals surface area contributed by atoms with Gasteiger partial charge in [-0.1, -0.05) is 13.3 Å². The van der Waals surface area contributed by atoms with Gasteiger partial charge in [0, 0.05) is 37.1 Å². The Kier molecular flexibility index (Phi) is 7.16. The van der Waals surface area contributed by atoms with Gasteiger partial charge in [-0.25, -0.2) is 9.97 Å². The van der Waals surface area contributed by atoms with E-state index in [4.69, 9.17) is 0 Å². The summed E-state index contributed by atoms with van der Waals surface area (Å²) in [4.78, 5) is 26.2. The van der Waals surface area contributed by atoms with Crippen molar-refractivity contribution in [2.24, 2.45) is 5.92 Å². The minimum atomic E-state index is -4.79. The lowest BCUT2D eigenvalue weighted by Crippen LogP contribution is -2.53. The Morgan fingerprint density at radius 1 is 1.21 bits per heavy atom. The molecule has 2 fully saturated rings. The number of amides is 1. The van der Waals surface area contributed by atoms with Crippen LogP contribution in [0.4, 0.5) is 19.0 Å². The Labute approximate surface area is 197 Å². The fraction of sp³-hybridized carbons (Fsp3) is 0.625. The summed E-state index contributed by atoms with van der Waals surface area (Å²) in [5.41, 5.74) is 0.471. The van der Waals surface area contributed by atoms with Gasteiger partial charge in [0.25, 0.3) is 0 Å². The molecule has 3 atom stereocenters. The average Bonchev–Trinajstić information content (AvgIpc) is 3.13. The summed E-state index contributed by atoms with van der Waals surface area (Å²) in [6, 6.07) is 4.14. The number of halogens is 3. The van der Waals surface area contributed by atoms with Crippen molar-refractivity contribution in [2.75, 3.05) is 25.0 Å². The van der Waals surface area contributed by atoms with Gasteiger partial charge in [-0.2, -0.15) is 0 Å². The third-order valence-electron chi connectivity index (χ3n) is 6.91. The molecule has 34 heavy (non-hydrogen) atoms. The van der Waals surface area contributed by atoms with E-state index in [1.807, 2.05) is 4.90 Å². The van der Waals surface area contributed by atoms with E-state index < -0.39 is 12.4 Å². The van der Waals surface area contributed by atoms with Crippen LogP contribution in [0.15, 0.2) is 24.5 Å². The average molecular weight is 480 g/mol. The third kappa shape index (κ3) is 5.37. The topological polar surface area (TPSA) is 70.6 Å². The number of likely N-dealkylation sites (tertiary alicyclic amines) is 2. The van der Waals surface area contributed by atoms with Crippen LogP contribution >= 0.6 is 0 Å². The van der Waals surface area contributed by atoms with Gasteiger partial charge in [-0.05, 0) is 57.2 Å². The van der Waals surface area contributed by atoms with Crippen LogP contribution < -0.4 is 10.1 Å². The lowest BCUT2D eigenvalue weighted by Gasteiger charge is -2.44. The van der Waals surface area contributed by atoms with Crippen molar-refractivity contribution in [3.63, 3.8) is 0 Å². The van der Waals surface area contributed by atoms with E-state index in [1.54, 1.807) is 0 Å². The van der Waals surface area contributed by atoms with Gasteiger partial charge in [0.1, 0.15) is 23.9 Å². The zero-order valence-corrected chi connectivity index (χ0v) is 19.8. The molecule has 1 N–H and O–H groups in total. The molecule has 1 aromatic carbocycles. The molecule has 1 unspecified atom stereocenters. The minimum Gasteiger partial charge on any atom is -0.406 e. The van der Waals surface area contributed by atoms with Crippen molar-refractivity contribution in [3.8, 4) is 5.75 Å². The number of rotatable bonds is 7. The standard InChI is InChI=1S/C24H32F3N5O2/c1-4-5-16-13-31(15(2)3)10-9-21(16)32-11-8-20(23(32)33)30-22-18-12-17(34-24(25,26)27)6-7-19(18)28-14-29-22/h6-7,12,14-16,20-21H,4-5,8-11,13H2,1-3H3,(H,28,29,30)/t16-,20?,21-/m0/s1. The number of ether oxygens (including phenoxy) is 1. The molecule has 2 aromatic rings. The number of alkyl halides is 3. The molecule has 1 amide bonds. The number of aromatic nitrogens is 2. The van der Waals surface area contributed by atoms with E-state index in [2.05, 4.69) is 45.7 Å². The fourth-order valence-electron chi connectivity index (χ4n) is 5.26. The number of piperidine rings is 1. The maximum absolute atomic E-state index is 13.4. The molecular formula is C24H32F3N5O2. The van der Waals surface area contributed by atoms with E-state index in [0.717, 1.165) is 32.4 Å². The number of hydrogen-bond acceptors (Lipinski definition) is 6. The number of carbonyl (C=O) groups is 1. The largest absolute Gasteiger partial charge is 0.573 e. The van der Waals surface area contributed by atoms with E-state index in [9.17, 15) is 18.0 Å². The highest BCUT2D eigenvalue weighted by molar-refractivity contribution is 5.93. The summed E-state index contributed by atoms with van der Waals surface area (Å²) in [5.74, 6) is 0.443. The predicted molar refractivity (Wildman–Crippen MR) is 123 cm³/mol. The predicted octanol–water partition coefficient (Wildman–Crippen LogP) is 4.44. The van der Waals surface area contributed by atoms with Crippen molar-refractivity contribution in [2.45, 2.75) is 70.9 Å². The van der Waals surface area contributed by atoms with Crippen molar-refractivity contribution in [3.05, 3.63) is 24.5 Å². The second-order valence-electron chi connectivity index (χ2n) is 9.46. The maximum Gasteiger partial charge on any atom is 0.573 e. The molecule has 4 rings (SSSR count). The minimum absolute atomic E-state index is 0.0264. The highest BCUT2D eigenvalue weighted by Crippen LogP contribution is 2.33. The Balaban J connectivity index is 1.50. The van der Waals surface area contributed by atoms with Crippen LogP contribution in [-0.4, -0.2) is 69.8 Å². The Morgan fingerprint density at radius 3 is 2.71 bits per heavy atom.